The molecule has 0 aliphatic carbocycles. The second-order valence-corrected chi connectivity index (χ2v) is 8.75. The highest BCUT2D eigenvalue weighted by Gasteiger charge is 2.34. The van der Waals surface area contributed by atoms with Gasteiger partial charge in [0.15, 0.2) is 5.84 Å². The summed E-state index contributed by atoms with van der Waals surface area (Å²) >= 11 is 0. The Morgan fingerprint density at radius 2 is 1.83 bits per heavy atom. The van der Waals surface area contributed by atoms with Crippen LogP contribution in [-0.4, -0.2) is 45.3 Å². The highest BCUT2D eigenvalue weighted by Crippen LogP contribution is 2.29. The number of nitrogens with one attached hydrogen (secondary N) is 1. The number of benzene rings is 2. The molecule has 0 saturated carbocycles. The Morgan fingerprint density at radius 1 is 1.14 bits per heavy atom. The monoisotopic (exact) mass is 413 g/mol. The number of piperidine rings is 1. The van der Waals surface area contributed by atoms with E-state index in [4.69, 9.17) is 4.74 Å². The van der Waals surface area contributed by atoms with Gasteiger partial charge < -0.3 is 15.0 Å². The summed E-state index contributed by atoms with van der Waals surface area (Å²) < 4.78 is 33.8. The average molecular weight is 413 g/mol. The Balaban J connectivity index is 1.37. The summed E-state index contributed by atoms with van der Waals surface area (Å²) in [6.07, 6.45) is 1.30. The molecule has 0 spiro atoms. The fraction of sp³-hybridized carbons (Fsp3) is 0.333. The van der Waals surface area contributed by atoms with Crippen molar-refractivity contribution < 1.29 is 17.9 Å². The minimum atomic E-state index is -3.62. The molecule has 0 unspecified atom stereocenters. The highest BCUT2D eigenvalue weighted by molar-refractivity contribution is 7.90. The van der Waals surface area contributed by atoms with Crippen molar-refractivity contribution in [1.29, 1.82) is 0 Å². The van der Waals surface area contributed by atoms with Crippen molar-refractivity contribution >= 4 is 21.8 Å². The third-order valence-electron chi connectivity index (χ3n) is 5.42. The van der Waals surface area contributed by atoms with Crippen molar-refractivity contribution in [3.8, 4) is 5.75 Å². The van der Waals surface area contributed by atoms with E-state index in [1.807, 2.05) is 35.2 Å². The molecule has 2 aliphatic rings. The Hall–Kier alpha value is -2.87. The molecule has 2 aromatic rings. The molecular formula is C21H23N3O4S. The number of carbonyl (C=O) groups is 1. The third kappa shape index (κ3) is 3.85. The maximum Gasteiger partial charge on any atom is 0.285 e. The summed E-state index contributed by atoms with van der Waals surface area (Å²) in [5, 5.41) is 2.99. The Labute approximate surface area is 170 Å². The Bertz CT molecular complexity index is 1060. The van der Waals surface area contributed by atoms with E-state index >= 15 is 0 Å². The van der Waals surface area contributed by atoms with Gasteiger partial charge in [0.2, 0.25) is 5.91 Å². The minimum absolute atomic E-state index is 0.0111. The largest absolute Gasteiger partial charge is 0.496 e. The second kappa shape index (κ2) is 7.87. The summed E-state index contributed by atoms with van der Waals surface area (Å²) in [5.74, 6) is 1.15. The Kier molecular flexibility index (Phi) is 5.27. The number of amides is 1. The fourth-order valence-corrected chi connectivity index (χ4v) is 5.07. The zero-order chi connectivity index (χ0) is 20.4. The molecule has 1 saturated heterocycles. The Morgan fingerprint density at radius 3 is 2.59 bits per heavy atom. The number of para-hydroxylation sites is 1. The number of nitrogens with zero attached hydrogens (tertiary/aromatic N) is 2. The lowest BCUT2D eigenvalue weighted by atomic mass is 9.95. The smallest absolute Gasteiger partial charge is 0.285 e. The predicted octanol–water partition coefficient (Wildman–Crippen LogP) is 2.17. The van der Waals surface area contributed by atoms with Gasteiger partial charge in [-0.05, 0) is 31.0 Å². The molecule has 2 aromatic carbocycles. The number of sulfonamides is 1. The van der Waals surface area contributed by atoms with Crippen LogP contribution in [0.4, 0.5) is 0 Å². The van der Waals surface area contributed by atoms with Crippen molar-refractivity contribution in [3.63, 3.8) is 0 Å². The van der Waals surface area contributed by atoms with E-state index < -0.39 is 10.0 Å². The first-order valence-electron chi connectivity index (χ1n) is 9.58. The molecule has 0 atom stereocenters. The number of hydrogen-bond acceptors (Lipinski definition) is 5. The van der Waals surface area contributed by atoms with E-state index in [9.17, 15) is 13.2 Å². The van der Waals surface area contributed by atoms with Crippen molar-refractivity contribution in [1.82, 2.24) is 10.2 Å². The molecule has 2 aliphatic heterocycles. The molecular weight excluding hydrogens is 390 g/mol. The van der Waals surface area contributed by atoms with Gasteiger partial charge in [0.05, 0.1) is 7.11 Å². The van der Waals surface area contributed by atoms with Crippen LogP contribution >= 0.6 is 0 Å². The maximum absolute atomic E-state index is 12.6. The van der Waals surface area contributed by atoms with Crippen molar-refractivity contribution in [3.05, 3.63) is 59.7 Å². The SMILES string of the molecule is COc1ccccc1CNC(=O)C1CCN(C2=NS(=O)(=O)c3ccccc32)CC1. The lowest BCUT2D eigenvalue weighted by Gasteiger charge is -2.32. The number of amidine groups is 1. The van der Waals surface area contributed by atoms with Crippen LogP contribution in [0.25, 0.3) is 0 Å². The molecule has 1 fully saturated rings. The zero-order valence-electron chi connectivity index (χ0n) is 16.2. The lowest BCUT2D eigenvalue weighted by molar-refractivity contribution is -0.126. The molecule has 2 heterocycles. The van der Waals surface area contributed by atoms with Gasteiger partial charge in [-0.25, -0.2) is 0 Å². The maximum atomic E-state index is 12.6. The van der Waals surface area contributed by atoms with Gasteiger partial charge in [-0.3, -0.25) is 4.79 Å². The predicted molar refractivity (Wildman–Crippen MR) is 109 cm³/mol. The second-order valence-electron chi connectivity index (χ2n) is 7.18. The number of rotatable bonds is 4. The van der Waals surface area contributed by atoms with Gasteiger partial charge in [-0.15, -0.1) is 4.40 Å². The van der Waals surface area contributed by atoms with Crippen LogP contribution in [0.2, 0.25) is 0 Å². The van der Waals surface area contributed by atoms with Crippen LogP contribution in [0.5, 0.6) is 5.75 Å². The molecule has 1 N–H and O–H groups in total. The van der Waals surface area contributed by atoms with Gasteiger partial charge >= 0.3 is 0 Å². The highest BCUT2D eigenvalue weighted by atomic mass is 32.2. The van der Waals surface area contributed by atoms with Crippen molar-refractivity contribution in [2.24, 2.45) is 10.3 Å². The van der Waals surface area contributed by atoms with Gasteiger partial charge in [0.1, 0.15) is 10.6 Å². The molecule has 0 radical (unpaired) electrons. The van der Waals surface area contributed by atoms with Gasteiger partial charge in [0.25, 0.3) is 10.0 Å². The quantitative estimate of drug-likeness (QED) is 0.830. The lowest BCUT2D eigenvalue weighted by Crippen LogP contribution is -2.42. The van der Waals surface area contributed by atoms with Crippen LogP contribution in [0.1, 0.15) is 24.0 Å². The standard InChI is InChI=1S/C21H23N3O4S/c1-28-18-8-4-2-6-16(18)14-22-21(25)15-10-12-24(13-11-15)20-17-7-3-5-9-19(17)29(26,27)23-20/h2-9,15H,10-14H2,1H3,(H,22,25). The molecule has 0 bridgehead atoms. The summed E-state index contributed by atoms with van der Waals surface area (Å²) in [6.45, 7) is 1.60. The fourth-order valence-electron chi connectivity index (χ4n) is 3.85. The van der Waals surface area contributed by atoms with E-state index in [0.29, 0.717) is 43.9 Å². The summed E-state index contributed by atoms with van der Waals surface area (Å²) in [5.41, 5.74) is 1.58. The number of ether oxygens (including phenoxy) is 1. The number of likely N-dealkylation sites (tertiary alicyclic amines) is 1. The zero-order valence-corrected chi connectivity index (χ0v) is 17.0. The normalized spacial score (nSPS) is 18.1. The average Bonchev–Trinajstić information content (AvgIpc) is 3.03. The summed E-state index contributed by atoms with van der Waals surface area (Å²) in [4.78, 5) is 14.8. The first kappa shape index (κ1) is 19.4. The van der Waals surface area contributed by atoms with E-state index in [1.54, 1.807) is 25.3 Å². The van der Waals surface area contributed by atoms with Crippen molar-refractivity contribution in [2.75, 3.05) is 20.2 Å². The first-order chi connectivity index (χ1) is 14.0. The molecule has 1 amide bonds. The number of fused-ring (bicyclic) bond motifs is 1. The molecule has 4 rings (SSSR count). The number of hydrogen-bond donors (Lipinski definition) is 1. The van der Waals surface area contributed by atoms with E-state index in [1.165, 1.54) is 0 Å². The molecule has 8 heteroatoms. The number of methoxy groups -OCH3 is 1. The van der Waals surface area contributed by atoms with Crippen LogP contribution in [-0.2, 0) is 21.4 Å². The van der Waals surface area contributed by atoms with E-state index in [0.717, 1.165) is 11.3 Å². The first-order valence-corrected chi connectivity index (χ1v) is 11.0. The molecule has 152 valence electrons. The minimum Gasteiger partial charge on any atom is -0.496 e. The van der Waals surface area contributed by atoms with Crippen molar-refractivity contribution in [2.45, 2.75) is 24.3 Å². The third-order valence-corrected chi connectivity index (χ3v) is 6.75. The topological polar surface area (TPSA) is 88.1 Å². The number of carbonyl (C=O) groups excluding carboxylic acids is 1. The van der Waals surface area contributed by atoms with Crippen LogP contribution < -0.4 is 10.1 Å². The summed E-state index contributed by atoms with van der Waals surface area (Å²) in [6, 6.07) is 14.5. The molecule has 0 aromatic heterocycles. The molecule has 7 nitrogen and oxygen atoms in total. The molecule has 29 heavy (non-hydrogen) atoms. The van der Waals surface area contributed by atoms with E-state index in [2.05, 4.69) is 9.71 Å². The van der Waals surface area contributed by atoms with E-state index in [-0.39, 0.29) is 16.7 Å². The van der Waals surface area contributed by atoms with Crippen LogP contribution in [0.15, 0.2) is 57.8 Å². The van der Waals surface area contributed by atoms with Gasteiger partial charge in [0, 0.05) is 36.7 Å². The summed E-state index contributed by atoms with van der Waals surface area (Å²) in [7, 11) is -2.01. The van der Waals surface area contributed by atoms with Crippen LogP contribution in [0, 0.1) is 5.92 Å². The van der Waals surface area contributed by atoms with Gasteiger partial charge in [-0.2, -0.15) is 8.42 Å². The van der Waals surface area contributed by atoms with Gasteiger partial charge in [-0.1, -0.05) is 30.3 Å². The van der Waals surface area contributed by atoms with Crippen LogP contribution in [0.3, 0.4) is 0 Å².